The van der Waals surface area contributed by atoms with Crippen LogP contribution in [0.5, 0.6) is 0 Å². The van der Waals surface area contributed by atoms with E-state index in [-0.39, 0.29) is 5.11 Å². The van der Waals surface area contributed by atoms with Gasteiger partial charge in [-0.3, -0.25) is 5.32 Å². The Morgan fingerprint density at radius 3 is 2.67 bits per heavy atom. The van der Waals surface area contributed by atoms with E-state index in [0.717, 1.165) is 16.0 Å². The molecule has 7 nitrogen and oxygen atoms in total. The average molecular weight is 498 g/mol. The van der Waals surface area contributed by atoms with E-state index >= 15 is 0 Å². The molecule has 33 heavy (non-hydrogen) atoms. The Hall–Kier alpha value is -3.27. The summed E-state index contributed by atoms with van der Waals surface area (Å²) in [5, 5.41) is 12.0. The normalized spacial score (nSPS) is 10.6. The van der Waals surface area contributed by atoms with Gasteiger partial charge in [-0.15, -0.1) is 16.4 Å². The molecule has 0 aliphatic heterocycles. The smallest absolute Gasteiger partial charge is 0.340 e. The van der Waals surface area contributed by atoms with Gasteiger partial charge >= 0.3 is 5.97 Å². The van der Waals surface area contributed by atoms with Crippen molar-refractivity contribution in [3.05, 3.63) is 93.6 Å². The summed E-state index contributed by atoms with van der Waals surface area (Å²) in [5.41, 5.74) is 2.58. The van der Waals surface area contributed by atoms with Gasteiger partial charge in [-0.05, 0) is 41.5 Å². The molecule has 0 fully saturated rings. The molecule has 2 N–H and O–H groups in total. The van der Waals surface area contributed by atoms with Crippen LogP contribution in [0, 0.1) is 0 Å². The zero-order valence-electron chi connectivity index (χ0n) is 17.6. The van der Waals surface area contributed by atoms with Crippen molar-refractivity contribution >= 4 is 57.2 Å². The molecule has 0 unspecified atom stereocenters. The molecule has 2 aromatic heterocycles. The predicted octanol–water partition coefficient (Wildman–Crippen LogP) is 5.23. The van der Waals surface area contributed by atoms with Gasteiger partial charge < -0.3 is 10.1 Å². The Kier molecular flexibility index (Phi) is 7.33. The third kappa shape index (κ3) is 6.16. The lowest BCUT2D eigenvalue weighted by molar-refractivity contribution is 0.0602. The molecule has 0 bridgehead atoms. The highest BCUT2D eigenvalue weighted by molar-refractivity contribution is 7.80. The fourth-order valence-electron chi connectivity index (χ4n) is 3.17. The van der Waals surface area contributed by atoms with Crippen LogP contribution in [0.25, 0.3) is 0 Å². The van der Waals surface area contributed by atoms with Crippen molar-refractivity contribution in [2.24, 2.45) is 0 Å². The van der Waals surface area contributed by atoms with Crippen molar-refractivity contribution in [1.29, 1.82) is 0 Å². The van der Waals surface area contributed by atoms with Crippen molar-refractivity contribution in [2.45, 2.75) is 13.0 Å². The molecular weight excluding hydrogens is 478 g/mol. The summed E-state index contributed by atoms with van der Waals surface area (Å²) in [7, 11) is 1.35. The second-order valence-electron chi connectivity index (χ2n) is 7.08. The van der Waals surface area contributed by atoms with E-state index in [0.29, 0.717) is 34.5 Å². The molecule has 2 aromatic carbocycles. The topological polar surface area (TPSA) is 81.1 Å². The van der Waals surface area contributed by atoms with Crippen LogP contribution in [0.15, 0.2) is 67.0 Å². The van der Waals surface area contributed by atoms with Gasteiger partial charge in [-0.1, -0.05) is 54.1 Å². The number of methoxy groups -OCH3 is 1. The van der Waals surface area contributed by atoms with Gasteiger partial charge in [-0.25, -0.2) is 14.5 Å². The number of rotatable bonds is 7. The number of carbonyl (C=O) groups excluding carboxylic acids is 1. The molecule has 0 aliphatic rings. The van der Waals surface area contributed by atoms with Crippen LogP contribution in [-0.2, 0) is 17.7 Å². The van der Waals surface area contributed by atoms with Crippen molar-refractivity contribution in [3.8, 4) is 0 Å². The molecule has 0 atom stereocenters. The van der Waals surface area contributed by atoms with E-state index < -0.39 is 5.97 Å². The second-order valence-corrected chi connectivity index (χ2v) is 9.07. The summed E-state index contributed by atoms with van der Waals surface area (Å²) in [6.07, 6.45) is 2.31. The Balaban J connectivity index is 1.43. The molecule has 0 amide bonds. The van der Waals surface area contributed by atoms with Gasteiger partial charge in [0, 0.05) is 16.3 Å². The quantitative estimate of drug-likeness (QED) is 0.267. The predicted molar refractivity (Wildman–Crippen MR) is 135 cm³/mol. The van der Waals surface area contributed by atoms with Gasteiger partial charge in [0.1, 0.15) is 11.3 Å². The lowest BCUT2D eigenvalue weighted by Gasteiger charge is -2.07. The average Bonchev–Trinajstić information content (AvgIpc) is 3.40. The zero-order valence-corrected chi connectivity index (χ0v) is 20.0. The standard InChI is InChI=1S/C23H20ClN5O2S2/c1-31-21(30)19-12-18(11-15-6-3-2-4-7-15)33-20(19)26-23(32)27-22-25-14-29(28-22)13-16-8-5-9-17(24)10-16/h2-10,12,14H,11,13H2,1H3,(H2,26,27,28,32). The molecule has 10 heteroatoms. The number of anilines is 2. The number of aromatic nitrogens is 3. The largest absolute Gasteiger partial charge is 0.465 e. The number of hydrogen-bond acceptors (Lipinski definition) is 6. The van der Waals surface area contributed by atoms with E-state index in [1.54, 1.807) is 11.0 Å². The van der Waals surface area contributed by atoms with Crippen molar-refractivity contribution in [2.75, 3.05) is 17.7 Å². The zero-order chi connectivity index (χ0) is 23.2. The number of benzene rings is 2. The Bertz CT molecular complexity index is 1270. The molecular formula is C23H20ClN5O2S2. The number of nitrogens with zero attached hydrogens (tertiary/aromatic N) is 3. The van der Waals surface area contributed by atoms with Crippen LogP contribution in [0.3, 0.4) is 0 Å². The molecule has 4 aromatic rings. The van der Waals surface area contributed by atoms with E-state index in [2.05, 4.69) is 20.7 Å². The van der Waals surface area contributed by atoms with Crippen LogP contribution in [-0.4, -0.2) is 33.0 Å². The summed E-state index contributed by atoms with van der Waals surface area (Å²) in [4.78, 5) is 17.5. The number of ether oxygens (including phenoxy) is 1. The first-order chi connectivity index (χ1) is 16.0. The van der Waals surface area contributed by atoms with Crippen LogP contribution in [0.1, 0.15) is 26.4 Å². The molecule has 0 saturated carbocycles. The third-order valence-corrected chi connectivity index (χ3v) is 6.12. The first-order valence-corrected chi connectivity index (χ1v) is 11.6. The number of nitrogens with one attached hydrogen (secondary N) is 2. The maximum absolute atomic E-state index is 12.3. The Morgan fingerprint density at radius 2 is 1.91 bits per heavy atom. The Morgan fingerprint density at radius 1 is 1.12 bits per heavy atom. The summed E-state index contributed by atoms with van der Waals surface area (Å²) in [6, 6.07) is 19.4. The molecule has 0 spiro atoms. The molecule has 0 radical (unpaired) electrons. The fraction of sp³-hybridized carbons (Fsp3) is 0.130. The maximum Gasteiger partial charge on any atom is 0.340 e. The maximum atomic E-state index is 12.3. The van der Waals surface area contributed by atoms with E-state index in [9.17, 15) is 4.79 Å². The lowest BCUT2D eigenvalue weighted by atomic mass is 10.1. The molecule has 168 valence electrons. The van der Waals surface area contributed by atoms with Gasteiger partial charge in [0.25, 0.3) is 0 Å². The van der Waals surface area contributed by atoms with Gasteiger partial charge in [0.15, 0.2) is 5.11 Å². The highest BCUT2D eigenvalue weighted by Crippen LogP contribution is 2.30. The highest BCUT2D eigenvalue weighted by atomic mass is 35.5. The first-order valence-electron chi connectivity index (χ1n) is 9.97. The number of hydrogen-bond donors (Lipinski definition) is 2. The summed E-state index contributed by atoms with van der Waals surface area (Å²) >= 11 is 12.9. The van der Waals surface area contributed by atoms with Crippen molar-refractivity contribution < 1.29 is 9.53 Å². The van der Waals surface area contributed by atoms with Gasteiger partial charge in [0.2, 0.25) is 5.95 Å². The van der Waals surface area contributed by atoms with Crippen LogP contribution in [0.4, 0.5) is 10.9 Å². The Labute approximate surface area is 205 Å². The summed E-state index contributed by atoms with van der Waals surface area (Å²) < 4.78 is 6.62. The molecule has 0 saturated heterocycles. The van der Waals surface area contributed by atoms with Crippen molar-refractivity contribution in [3.63, 3.8) is 0 Å². The monoisotopic (exact) mass is 497 g/mol. The minimum atomic E-state index is -0.431. The number of halogens is 1. The fourth-order valence-corrected chi connectivity index (χ4v) is 4.72. The van der Waals surface area contributed by atoms with E-state index in [4.69, 9.17) is 28.6 Å². The SMILES string of the molecule is COC(=O)c1cc(Cc2ccccc2)sc1NC(=S)Nc1ncn(Cc2cccc(Cl)c2)n1. The van der Waals surface area contributed by atoms with E-state index in [1.165, 1.54) is 18.4 Å². The van der Waals surface area contributed by atoms with Crippen LogP contribution < -0.4 is 10.6 Å². The summed E-state index contributed by atoms with van der Waals surface area (Å²) in [5.74, 6) is -0.0880. The molecule has 4 rings (SSSR count). The third-order valence-electron chi connectivity index (χ3n) is 4.63. The van der Waals surface area contributed by atoms with Gasteiger partial charge in [0.05, 0.1) is 19.2 Å². The lowest BCUT2D eigenvalue weighted by Crippen LogP contribution is -2.20. The minimum absolute atomic E-state index is 0.272. The number of esters is 1. The molecule has 2 heterocycles. The van der Waals surface area contributed by atoms with Gasteiger partial charge in [-0.2, -0.15) is 0 Å². The summed E-state index contributed by atoms with van der Waals surface area (Å²) in [6.45, 7) is 0.524. The highest BCUT2D eigenvalue weighted by Gasteiger charge is 2.18. The first kappa shape index (κ1) is 22.9. The minimum Gasteiger partial charge on any atom is -0.465 e. The number of thiocarbonyl (C=S) groups is 1. The number of thiophene rings is 1. The van der Waals surface area contributed by atoms with Crippen LogP contribution >= 0.6 is 35.2 Å². The van der Waals surface area contributed by atoms with E-state index in [1.807, 2.05) is 60.7 Å². The number of carbonyl (C=O) groups is 1. The molecule has 0 aliphatic carbocycles. The van der Waals surface area contributed by atoms with Crippen LogP contribution in [0.2, 0.25) is 5.02 Å². The second kappa shape index (κ2) is 10.6. The van der Waals surface area contributed by atoms with Crippen molar-refractivity contribution in [1.82, 2.24) is 14.8 Å².